The van der Waals surface area contributed by atoms with Gasteiger partial charge in [-0.05, 0) is 44.7 Å². The highest BCUT2D eigenvalue weighted by Gasteiger charge is 2.30. The summed E-state index contributed by atoms with van der Waals surface area (Å²) in [6, 6.07) is 0. The number of piperidine rings is 1. The number of likely N-dealkylation sites (tertiary alicyclic amines) is 1. The van der Waals surface area contributed by atoms with Crippen LogP contribution in [0.5, 0.6) is 0 Å². The van der Waals surface area contributed by atoms with E-state index in [1.807, 2.05) is 0 Å². The minimum absolute atomic E-state index is 0.295. The minimum Gasteiger partial charge on any atom is -0.356 e. The monoisotopic (exact) mass is 210 g/mol. The molecular weight excluding hydrogens is 188 g/mol. The third kappa shape index (κ3) is 3.20. The van der Waals surface area contributed by atoms with Crippen LogP contribution >= 0.6 is 0 Å². The average molecular weight is 210 g/mol. The van der Waals surface area contributed by atoms with E-state index in [1.54, 1.807) is 0 Å². The molecule has 2 aliphatic rings. The molecule has 0 aromatic rings. The predicted molar refractivity (Wildman–Crippen MR) is 60.6 cm³/mol. The van der Waals surface area contributed by atoms with E-state index in [2.05, 4.69) is 17.1 Å². The maximum absolute atomic E-state index is 11.5. The number of rotatable bonds is 4. The fourth-order valence-corrected chi connectivity index (χ4v) is 2.34. The van der Waals surface area contributed by atoms with Gasteiger partial charge in [-0.3, -0.25) is 4.79 Å². The third-order valence-corrected chi connectivity index (χ3v) is 3.56. The summed E-state index contributed by atoms with van der Waals surface area (Å²) in [6.07, 6.45) is 4.79. The lowest BCUT2D eigenvalue weighted by atomic mass is 9.98. The Bertz CT molecular complexity index is 226. The molecule has 1 amide bonds. The zero-order chi connectivity index (χ0) is 10.7. The number of nitrogens with zero attached hydrogens (tertiary/aromatic N) is 1. The Morgan fingerprint density at radius 3 is 2.87 bits per heavy atom. The van der Waals surface area contributed by atoms with Crippen LogP contribution in [0, 0.1) is 11.8 Å². The first-order chi connectivity index (χ1) is 7.29. The van der Waals surface area contributed by atoms with Crippen molar-refractivity contribution in [1.29, 1.82) is 0 Å². The maximum Gasteiger partial charge on any atom is 0.223 e. The third-order valence-electron chi connectivity index (χ3n) is 3.56. The molecule has 1 N–H and O–H groups in total. The SMILES string of the molecule is CCN1CCCC(CNC(=O)C2CC2)C1. The van der Waals surface area contributed by atoms with Crippen molar-refractivity contribution in [1.82, 2.24) is 10.2 Å². The number of amides is 1. The summed E-state index contributed by atoms with van der Waals surface area (Å²) in [4.78, 5) is 14.0. The quantitative estimate of drug-likeness (QED) is 0.757. The number of hydrogen-bond acceptors (Lipinski definition) is 2. The van der Waals surface area contributed by atoms with Crippen molar-refractivity contribution in [2.45, 2.75) is 32.6 Å². The molecule has 0 spiro atoms. The smallest absolute Gasteiger partial charge is 0.223 e. The van der Waals surface area contributed by atoms with Crippen LogP contribution < -0.4 is 5.32 Å². The second-order valence-electron chi connectivity index (χ2n) is 4.92. The highest BCUT2D eigenvalue weighted by molar-refractivity contribution is 5.80. The Morgan fingerprint density at radius 2 is 2.20 bits per heavy atom. The van der Waals surface area contributed by atoms with Crippen LogP contribution in [0.4, 0.5) is 0 Å². The first kappa shape index (κ1) is 10.9. The molecule has 86 valence electrons. The van der Waals surface area contributed by atoms with E-state index in [9.17, 15) is 4.79 Å². The molecular formula is C12H22N2O. The Hall–Kier alpha value is -0.570. The summed E-state index contributed by atoms with van der Waals surface area (Å²) < 4.78 is 0. The molecule has 0 bridgehead atoms. The van der Waals surface area contributed by atoms with Gasteiger partial charge in [0.25, 0.3) is 0 Å². The second-order valence-corrected chi connectivity index (χ2v) is 4.92. The molecule has 2 rings (SSSR count). The van der Waals surface area contributed by atoms with E-state index in [1.165, 1.54) is 25.9 Å². The highest BCUT2D eigenvalue weighted by Crippen LogP contribution is 2.28. The summed E-state index contributed by atoms with van der Waals surface area (Å²) in [7, 11) is 0. The Balaban J connectivity index is 1.67. The summed E-state index contributed by atoms with van der Waals surface area (Å²) in [6.45, 7) is 6.66. The highest BCUT2D eigenvalue weighted by atomic mass is 16.2. The molecule has 1 unspecified atom stereocenters. The van der Waals surface area contributed by atoms with E-state index in [0.29, 0.717) is 17.7 Å². The average Bonchev–Trinajstić information content (AvgIpc) is 3.10. The van der Waals surface area contributed by atoms with Crippen LogP contribution in [0.1, 0.15) is 32.6 Å². The van der Waals surface area contributed by atoms with Gasteiger partial charge in [-0.1, -0.05) is 6.92 Å². The van der Waals surface area contributed by atoms with Gasteiger partial charge in [0.05, 0.1) is 0 Å². The molecule has 1 saturated heterocycles. The van der Waals surface area contributed by atoms with Crippen molar-refractivity contribution in [2.75, 3.05) is 26.2 Å². The molecule has 1 saturated carbocycles. The van der Waals surface area contributed by atoms with Crippen LogP contribution in [-0.2, 0) is 4.79 Å². The van der Waals surface area contributed by atoms with E-state index in [-0.39, 0.29) is 0 Å². The normalized spacial score (nSPS) is 27.7. The number of carbonyl (C=O) groups excluding carboxylic acids is 1. The molecule has 15 heavy (non-hydrogen) atoms. The lowest BCUT2D eigenvalue weighted by molar-refractivity contribution is -0.122. The number of hydrogen-bond donors (Lipinski definition) is 1. The van der Waals surface area contributed by atoms with Gasteiger partial charge in [0.1, 0.15) is 0 Å². The fraction of sp³-hybridized carbons (Fsp3) is 0.917. The Kier molecular flexibility index (Phi) is 3.62. The van der Waals surface area contributed by atoms with Crippen molar-refractivity contribution in [3.8, 4) is 0 Å². The second kappa shape index (κ2) is 4.97. The molecule has 1 aliphatic carbocycles. The van der Waals surface area contributed by atoms with Crippen LogP contribution in [0.2, 0.25) is 0 Å². The van der Waals surface area contributed by atoms with Crippen LogP contribution in [0.25, 0.3) is 0 Å². The van der Waals surface area contributed by atoms with E-state index < -0.39 is 0 Å². The maximum atomic E-state index is 11.5. The number of carbonyl (C=O) groups is 1. The van der Waals surface area contributed by atoms with Gasteiger partial charge in [-0.2, -0.15) is 0 Å². The van der Waals surface area contributed by atoms with Crippen molar-refractivity contribution >= 4 is 5.91 Å². The first-order valence-electron chi connectivity index (χ1n) is 6.29. The van der Waals surface area contributed by atoms with Crippen LogP contribution in [-0.4, -0.2) is 37.0 Å². The summed E-state index contributed by atoms with van der Waals surface area (Å²) in [5.41, 5.74) is 0. The molecule has 0 aromatic carbocycles. The molecule has 0 aromatic heterocycles. The summed E-state index contributed by atoms with van der Waals surface area (Å²) >= 11 is 0. The zero-order valence-electron chi connectivity index (χ0n) is 9.67. The lowest BCUT2D eigenvalue weighted by Gasteiger charge is -2.31. The fourth-order valence-electron chi connectivity index (χ4n) is 2.34. The van der Waals surface area contributed by atoms with Gasteiger partial charge in [0, 0.05) is 19.0 Å². The summed E-state index contributed by atoms with van der Waals surface area (Å²) in [5, 5.41) is 3.09. The van der Waals surface area contributed by atoms with Crippen molar-refractivity contribution < 1.29 is 4.79 Å². The largest absolute Gasteiger partial charge is 0.356 e. The molecule has 1 heterocycles. The van der Waals surface area contributed by atoms with E-state index in [4.69, 9.17) is 0 Å². The van der Waals surface area contributed by atoms with E-state index in [0.717, 1.165) is 25.9 Å². The first-order valence-corrected chi connectivity index (χ1v) is 6.29. The van der Waals surface area contributed by atoms with Crippen molar-refractivity contribution in [3.05, 3.63) is 0 Å². The van der Waals surface area contributed by atoms with Crippen LogP contribution in [0.15, 0.2) is 0 Å². The minimum atomic E-state index is 0.295. The van der Waals surface area contributed by atoms with Crippen LogP contribution in [0.3, 0.4) is 0 Å². The zero-order valence-corrected chi connectivity index (χ0v) is 9.67. The lowest BCUT2D eigenvalue weighted by Crippen LogP contribution is -2.41. The predicted octanol–water partition coefficient (Wildman–Crippen LogP) is 1.24. The van der Waals surface area contributed by atoms with Gasteiger partial charge in [-0.15, -0.1) is 0 Å². The summed E-state index contributed by atoms with van der Waals surface area (Å²) in [5.74, 6) is 1.33. The van der Waals surface area contributed by atoms with Crippen molar-refractivity contribution in [2.24, 2.45) is 11.8 Å². The number of nitrogens with one attached hydrogen (secondary N) is 1. The molecule has 2 fully saturated rings. The standard InChI is InChI=1S/C12H22N2O/c1-2-14-7-3-4-10(9-14)8-13-12(15)11-5-6-11/h10-11H,2-9H2,1H3,(H,13,15). The van der Waals surface area contributed by atoms with Crippen molar-refractivity contribution in [3.63, 3.8) is 0 Å². The molecule has 0 radical (unpaired) electrons. The van der Waals surface area contributed by atoms with Gasteiger partial charge < -0.3 is 10.2 Å². The van der Waals surface area contributed by atoms with Gasteiger partial charge >= 0.3 is 0 Å². The molecule has 1 aliphatic heterocycles. The van der Waals surface area contributed by atoms with E-state index >= 15 is 0 Å². The van der Waals surface area contributed by atoms with Gasteiger partial charge in [-0.25, -0.2) is 0 Å². The molecule has 3 nitrogen and oxygen atoms in total. The van der Waals surface area contributed by atoms with Gasteiger partial charge in [0.15, 0.2) is 0 Å². The topological polar surface area (TPSA) is 32.3 Å². The Labute approximate surface area is 92.2 Å². The Morgan fingerprint density at radius 1 is 1.40 bits per heavy atom. The molecule has 1 atom stereocenters. The molecule has 3 heteroatoms. The van der Waals surface area contributed by atoms with Gasteiger partial charge in [0.2, 0.25) is 5.91 Å².